The summed E-state index contributed by atoms with van der Waals surface area (Å²) in [5.41, 5.74) is 5.21. The van der Waals surface area contributed by atoms with Crippen LogP contribution < -0.4 is 11.1 Å². The van der Waals surface area contributed by atoms with E-state index in [0.717, 1.165) is 21.6 Å². The third-order valence-corrected chi connectivity index (χ3v) is 5.41. The highest BCUT2D eigenvalue weighted by molar-refractivity contribution is 8.01. The number of carbonyl (C=O) groups is 2. The van der Waals surface area contributed by atoms with Gasteiger partial charge in [-0.15, -0.1) is 11.8 Å². The predicted octanol–water partition coefficient (Wildman–Crippen LogP) is 2.84. The van der Waals surface area contributed by atoms with Crippen LogP contribution in [0.4, 0.5) is 10.8 Å². The fourth-order valence-electron chi connectivity index (χ4n) is 1.72. The Morgan fingerprint density at radius 1 is 1.50 bits per heavy atom. The van der Waals surface area contributed by atoms with Gasteiger partial charge >= 0.3 is 0 Å². The van der Waals surface area contributed by atoms with Crippen molar-refractivity contribution >= 4 is 57.3 Å². The van der Waals surface area contributed by atoms with Gasteiger partial charge < -0.3 is 5.73 Å². The maximum atomic E-state index is 12.3. The van der Waals surface area contributed by atoms with Crippen LogP contribution >= 0.6 is 34.7 Å². The SMILES string of the molecule is Cc1nc(NC(=O)c2ccc(Cl)cc2[N+](=O)[O-])sc1SCC(N)=O. The molecule has 1 aromatic heterocycles. The van der Waals surface area contributed by atoms with Crippen LogP contribution in [0, 0.1) is 17.0 Å². The first kappa shape index (κ1) is 18.2. The number of carbonyl (C=O) groups excluding carboxylic acids is 2. The maximum absolute atomic E-state index is 12.3. The molecule has 0 aliphatic rings. The molecule has 11 heteroatoms. The molecular weight excluding hydrogens is 376 g/mol. The Bertz CT molecular complexity index is 824. The Balaban J connectivity index is 2.20. The predicted molar refractivity (Wildman–Crippen MR) is 92.8 cm³/mol. The number of amides is 2. The lowest BCUT2D eigenvalue weighted by molar-refractivity contribution is -0.385. The molecule has 2 aromatic rings. The number of nitro benzene ring substituents is 1. The van der Waals surface area contributed by atoms with Gasteiger partial charge in [0.15, 0.2) is 5.13 Å². The van der Waals surface area contributed by atoms with Crippen LogP contribution in [0.25, 0.3) is 0 Å². The lowest BCUT2D eigenvalue weighted by Gasteiger charge is -2.03. The number of aryl methyl sites for hydroxylation is 1. The average molecular weight is 387 g/mol. The van der Waals surface area contributed by atoms with Crippen molar-refractivity contribution in [3.63, 3.8) is 0 Å². The molecule has 2 rings (SSSR count). The fraction of sp³-hybridized carbons (Fsp3) is 0.154. The summed E-state index contributed by atoms with van der Waals surface area (Å²) in [6.07, 6.45) is 0. The zero-order valence-electron chi connectivity index (χ0n) is 12.2. The molecular formula is C13H11ClN4O4S2. The van der Waals surface area contributed by atoms with E-state index in [1.54, 1.807) is 6.92 Å². The lowest BCUT2D eigenvalue weighted by Crippen LogP contribution is -2.13. The largest absolute Gasteiger partial charge is 0.369 e. The zero-order chi connectivity index (χ0) is 17.9. The second-order valence-electron chi connectivity index (χ2n) is 4.52. The van der Waals surface area contributed by atoms with Gasteiger partial charge in [0.2, 0.25) is 5.91 Å². The Morgan fingerprint density at radius 3 is 2.83 bits per heavy atom. The number of rotatable bonds is 6. The minimum Gasteiger partial charge on any atom is -0.369 e. The first-order chi connectivity index (χ1) is 11.3. The van der Waals surface area contributed by atoms with E-state index < -0.39 is 22.4 Å². The van der Waals surface area contributed by atoms with Crippen LogP contribution in [0.5, 0.6) is 0 Å². The van der Waals surface area contributed by atoms with Crippen molar-refractivity contribution in [3.05, 3.63) is 44.6 Å². The Kier molecular flexibility index (Phi) is 5.75. The molecule has 8 nitrogen and oxygen atoms in total. The second kappa shape index (κ2) is 7.60. The molecule has 24 heavy (non-hydrogen) atoms. The monoisotopic (exact) mass is 386 g/mol. The zero-order valence-corrected chi connectivity index (χ0v) is 14.6. The van der Waals surface area contributed by atoms with Crippen molar-refractivity contribution in [2.75, 3.05) is 11.1 Å². The summed E-state index contributed by atoms with van der Waals surface area (Å²) in [5, 5.41) is 14.0. The van der Waals surface area contributed by atoms with E-state index >= 15 is 0 Å². The number of aromatic nitrogens is 1. The molecule has 0 fully saturated rings. The highest BCUT2D eigenvalue weighted by atomic mass is 35.5. The van der Waals surface area contributed by atoms with E-state index in [1.165, 1.54) is 23.9 Å². The number of hydrogen-bond donors (Lipinski definition) is 2. The molecule has 2 amide bonds. The molecule has 1 heterocycles. The molecule has 0 bridgehead atoms. The summed E-state index contributed by atoms with van der Waals surface area (Å²) in [7, 11) is 0. The topological polar surface area (TPSA) is 128 Å². The van der Waals surface area contributed by atoms with Gasteiger partial charge in [-0.1, -0.05) is 22.9 Å². The van der Waals surface area contributed by atoms with Crippen LogP contribution in [0.2, 0.25) is 5.02 Å². The minimum absolute atomic E-state index is 0.0963. The van der Waals surface area contributed by atoms with E-state index in [2.05, 4.69) is 10.3 Å². The summed E-state index contributed by atoms with van der Waals surface area (Å²) in [5.74, 6) is -1.03. The second-order valence-corrected chi connectivity index (χ2v) is 7.20. The molecule has 3 N–H and O–H groups in total. The smallest absolute Gasteiger partial charge is 0.283 e. The minimum atomic E-state index is -0.679. The van der Waals surface area contributed by atoms with Crippen LogP contribution in [0.15, 0.2) is 22.4 Å². The quantitative estimate of drug-likeness (QED) is 0.446. The number of primary amides is 1. The van der Waals surface area contributed by atoms with Crippen LogP contribution in [-0.4, -0.2) is 27.5 Å². The number of hydrogen-bond acceptors (Lipinski definition) is 7. The number of benzene rings is 1. The van der Waals surface area contributed by atoms with Gasteiger partial charge in [-0.3, -0.25) is 25.0 Å². The normalized spacial score (nSPS) is 10.4. The number of nitrogens with one attached hydrogen (secondary N) is 1. The molecule has 1 aromatic carbocycles. The maximum Gasteiger partial charge on any atom is 0.283 e. The highest BCUT2D eigenvalue weighted by Gasteiger charge is 2.22. The Morgan fingerprint density at radius 2 is 2.21 bits per heavy atom. The number of nitrogens with zero attached hydrogens (tertiary/aromatic N) is 2. The highest BCUT2D eigenvalue weighted by Crippen LogP contribution is 2.32. The third-order valence-electron chi connectivity index (χ3n) is 2.72. The molecule has 0 radical (unpaired) electrons. The average Bonchev–Trinajstić information content (AvgIpc) is 2.84. The molecule has 0 unspecified atom stereocenters. The molecule has 0 saturated heterocycles. The third kappa shape index (κ3) is 4.43. The van der Waals surface area contributed by atoms with E-state index in [-0.39, 0.29) is 21.5 Å². The first-order valence-electron chi connectivity index (χ1n) is 6.41. The van der Waals surface area contributed by atoms with Crippen molar-refractivity contribution in [1.29, 1.82) is 0 Å². The number of thiazole rings is 1. The van der Waals surface area contributed by atoms with E-state index in [0.29, 0.717) is 5.69 Å². The molecule has 126 valence electrons. The molecule has 0 aliphatic heterocycles. The van der Waals surface area contributed by atoms with Crippen LogP contribution in [-0.2, 0) is 4.79 Å². The van der Waals surface area contributed by atoms with Gasteiger partial charge in [0.05, 0.1) is 20.6 Å². The summed E-state index contributed by atoms with van der Waals surface area (Å²) in [4.78, 5) is 37.6. The number of halogens is 1. The summed E-state index contributed by atoms with van der Waals surface area (Å²) in [6.45, 7) is 1.72. The molecule has 0 spiro atoms. The van der Waals surface area contributed by atoms with Gasteiger partial charge in [-0.2, -0.15) is 0 Å². The van der Waals surface area contributed by atoms with Gasteiger partial charge in [-0.05, 0) is 19.1 Å². The van der Waals surface area contributed by atoms with Crippen molar-refractivity contribution < 1.29 is 14.5 Å². The van der Waals surface area contributed by atoms with E-state index in [1.807, 2.05) is 0 Å². The number of thioether (sulfide) groups is 1. The summed E-state index contributed by atoms with van der Waals surface area (Å²) in [6, 6.07) is 3.78. The van der Waals surface area contributed by atoms with Gasteiger partial charge in [-0.25, -0.2) is 4.98 Å². The number of nitrogens with two attached hydrogens (primary N) is 1. The lowest BCUT2D eigenvalue weighted by atomic mass is 10.1. The van der Waals surface area contributed by atoms with Crippen molar-refractivity contribution in [3.8, 4) is 0 Å². The van der Waals surface area contributed by atoms with Crippen molar-refractivity contribution in [2.45, 2.75) is 11.1 Å². The summed E-state index contributed by atoms with van der Waals surface area (Å²) >= 11 is 8.09. The number of anilines is 1. The molecule has 0 atom stereocenters. The van der Waals surface area contributed by atoms with Crippen LogP contribution in [0.1, 0.15) is 16.1 Å². The van der Waals surface area contributed by atoms with E-state index in [9.17, 15) is 19.7 Å². The molecule has 0 aliphatic carbocycles. The van der Waals surface area contributed by atoms with Crippen molar-refractivity contribution in [1.82, 2.24) is 4.98 Å². The fourth-order valence-corrected chi connectivity index (χ4v) is 3.76. The van der Waals surface area contributed by atoms with Gasteiger partial charge in [0.25, 0.3) is 11.6 Å². The van der Waals surface area contributed by atoms with E-state index in [4.69, 9.17) is 17.3 Å². The Labute approximate surface area is 149 Å². The first-order valence-corrected chi connectivity index (χ1v) is 8.59. The molecule has 0 saturated carbocycles. The van der Waals surface area contributed by atoms with Gasteiger partial charge in [0.1, 0.15) is 5.56 Å². The van der Waals surface area contributed by atoms with Crippen LogP contribution in [0.3, 0.4) is 0 Å². The summed E-state index contributed by atoms with van der Waals surface area (Å²) < 4.78 is 0.731. The Hall–Kier alpha value is -2.17. The van der Waals surface area contributed by atoms with Gasteiger partial charge in [0, 0.05) is 11.1 Å². The van der Waals surface area contributed by atoms with Crippen molar-refractivity contribution in [2.24, 2.45) is 5.73 Å². The number of nitro groups is 1. The standard InChI is InChI=1S/C13H11ClN4O4S2/c1-6-12(23-5-10(15)19)24-13(16-6)17-11(20)8-3-2-7(14)4-9(8)18(21)22/h2-4H,5H2,1H3,(H2,15,19)(H,16,17,20).